The summed E-state index contributed by atoms with van der Waals surface area (Å²) in [5.41, 5.74) is 1.39. The number of pyridine rings is 1. The van der Waals surface area contributed by atoms with E-state index in [0.717, 1.165) is 18.5 Å². The van der Waals surface area contributed by atoms with Crippen molar-refractivity contribution in [2.24, 2.45) is 0 Å². The van der Waals surface area contributed by atoms with Crippen LogP contribution < -0.4 is 0 Å². The lowest BCUT2D eigenvalue weighted by molar-refractivity contribution is -0.192. The van der Waals surface area contributed by atoms with E-state index in [9.17, 15) is 18.0 Å². The standard InChI is InChI=1S/C16H22N2O3.C2HF3O2/c1-3-20-14-8-7-13-15(14)21-10-9-18(13)16(19)12-6-4-5-11(2)17-12;3-2(4,5)1(6)7/h4-6,13-15H,3,7-10H2,1-2H3;(H,6,7)/t13-,14+,15+;/m0./s1. The Morgan fingerprint density at radius 3 is 2.61 bits per heavy atom. The van der Waals surface area contributed by atoms with Crippen LogP contribution in [0.15, 0.2) is 18.2 Å². The van der Waals surface area contributed by atoms with Gasteiger partial charge in [-0.3, -0.25) is 4.79 Å². The number of aryl methyl sites for hydroxylation is 1. The molecule has 0 bridgehead atoms. The molecule has 1 amide bonds. The number of halogens is 3. The third kappa shape index (κ3) is 5.41. The maximum atomic E-state index is 12.7. The molecule has 156 valence electrons. The Labute approximate surface area is 160 Å². The smallest absolute Gasteiger partial charge is 0.475 e. The second-order valence-corrected chi connectivity index (χ2v) is 6.44. The summed E-state index contributed by atoms with van der Waals surface area (Å²) in [5.74, 6) is -2.75. The van der Waals surface area contributed by atoms with Crippen LogP contribution in [0.5, 0.6) is 0 Å². The Hall–Kier alpha value is -2.20. The van der Waals surface area contributed by atoms with E-state index in [2.05, 4.69) is 4.98 Å². The van der Waals surface area contributed by atoms with Gasteiger partial charge in [-0.2, -0.15) is 13.2 Å². The minimum Gasteiger partial charge on any atom is -0.475 e. The highest BCUT2D eigenvalue weighted by molar-refractivity contribution is 5.92. The molecule has 1 N–H and O–H groups in total. The van der Waals surface area contributed by atoms with Gasteiger partial charge in [-0.05, 0) is 38.8 Å². The van der Waals surface area contributed by atoms with Crippen LogP contribution in [0.2, 0.25) is 0 Å². The maximum Gasteiger partial charge on any atom is 0.490 e. The van der Waals surface area contributed by atoms with Gasteiger partial charge in [0.05, 0.1) is 18.8 Å². The van der Waals surface area contributed by atoms with Crippen LogP contribution in [0, 0.1) is 6.92 Å². The van der Waals surface area contributed by atoms with E-state index >= 15 is 0 Å². The number of rotatable bonds is 3. The molecule has 0 aromatic carbocycles. The van der Waals surface area contributed by atoms with E-state index in [0.29, 0.717) is 25.5 Å². The molecule has 2 aliphatic rings. The van der Waals surface area contributed by atoms with Crippen molar-refractivity contribution in [1.82, 2.24) is 9.88 Å². The zero-order chi connectivity index (χ0) is 20.9. The van der Waals surface area contributed by atoms with Gasteiger partial charge >= 0.3 is 12.1 Å². The van der Waals surface area contributed by atoms with Crippen molar-refractivity contribution in [2.45, 2.75) is 51.1 Å². The molecule has 0 unspecified atom stereocenters. The SMILES string of the molecule is CCO[C@@H]1CC[C@H]2[C@H]1OCCN2C(=O)c1cccc(C)n1.O=C(O)C(F)(F)F. The molecule has 3 rings (SSSR count). The van der Waals surface area contributed by atoms with Gasteiger partial charge in [0.2, 0.25) is 0 Å². The van der Waals surface area contributed by atoms with Crippen LogP contribution in [0.4, 0.5) is 13.2 Å². The largest absolute Gasteiger partial charge is 0.490 e. The number of carboxylic acids is 1. The Kier molecular flexibility index (Phi) is 7.36. The summed E-state index contributed by atoms with van der Waals surface area (Å²) in [6, 6.07) is 5.68. The fraction of sp³-hybridized carbons (Fsp3) is 0.611. The zero-order valence-corrected chi connectivity index (χ0v) is 15.6. The normalized spacial score (nSPS) is 24.2. The number of carboxylic acid groups (broad SMARTS) is 1. The van der Waals surface area contributed by atoms with Crippen LogP contribution in [0.1, 0.15) is 35.9 Å². The molecule has 3 atom stereocenters. The van der Waals surface area contributed by atoms with E-state index in [4.69, 9.17) is 19.4 Å². The van der Waals surface area contributed by atoms with Gasteiger partial charge in [0.1, 0.15) is 11.8 Å². The first kappa shape index (κ1) is 22.1. The molecular weight excluding hydrogens is 381 g/mol. The average Bonchev–Trinajstić information content (AvgIpc) is 3.04. The summed E-state index contributed by atoms with van der Waals surface area (Å²) in [6.45, 7) is 5.79. The maximum absolute atomic E-state index is 12.7. The first-order valence-electron chi connectivity index (χ1n) is 8.93. The lowest BCUT2D eigenvalue weighted by Crippen LogP contribution is -2.54. The molecule has 1 aliphatic heterocycles. The van der Waals surface area contributed by atoms with E-state index in [1.165, 1.54) is 0 Å². The summed E-state index contributed by atoms with van der Waals surface area (Å²) in [7, 11) is 0. The van der Waals surface area contributed by atoms with Gasteiger partial charge in [-0.15, -0.1) is 0 Å². The number of carbonyl (C=O) groups is 2. The van der Waals surface area contributed by atoms with Crippen LogP contribution in [0.3, 0.4) is 0 Å². The minimum absolute atomic E-state index is 0.00691. The van der Waals surface area contributed by atoms with E-state index in [1.807, 2.05) is 30.9 Å². The summed E-state index contributed by atoms with van der Waals surface area (Å²) < 4.78 is 43.4. The second kappa shape index (κ2) is 9.33. The Bertz CT molecular complexity index is 698. The Morgan fingerprint density at radius 2 is 2.04 bits per heavy atom. The third-order valence-corrected chi connectivity index (χ3v) is 4.53. The van der Waals surface area contributed by atoms with E-state index in [1.54, 1.807) is 6.07 Å². The van der Waals surface area contributed by atoms with Gasteiger partial charge in [0.25, 0.3) is 5.91 Å². The van der Waals surface area contributed by atoms with Crippen LogP contribution in [0.25, 0.3) is 0 Å². The van der Waals surface area contributed by atoms with Gasteiger partial charge in [0, 0.05) is 18.8 Å². The number of nitrogens with zero attached hydrogens (tertiary/aromatic N) is 2. The Morgan fingerprint density at radius 1 is 1.36 bits per heavy atom. The van der Waals surface area contributed by atoms with Gasteiger partial charge in [0.15, 0.2) is 0 Å². The van der Waals surface area contributed by atoms with Crippen molar-refractivity contribution in [3.05, 3.63) is 29.6 Å². The molecule has 0 radical (unpaired) electrons. The molecule has 0 spiro atoms. The quantitative estimate of drug-likeness (QED) is 0.833. The number of aliphatic carboxylic acids is 1. The molecule has 7 nitrogen and oxygen atoms in total. The highest BCUT2D eigenvalue weighted by atomic mass is 19.4. The van der Waals surface area contributed by atoms with Crippen LogP contribution >= 0.6 is 0 Å². The van der Waals surface area contributed by atoms with Crippen LogP contribution in [-0.2, 0) is 14.3 Å². The summed E-state index contributed by atoms with van der Waals surface area (Å²) in [4.78, 5) is 27.9. The molecular formula is C18H23F3N2O5. The topological polar surface area (TPSA) is 89.0 Å². The number of hydrogen-bond acceptors (Lipinski definition) is 5. The van der Waals surface area contributed by atoms with Crippen molar-refractivity contribution >= 4 is 11.9 Å². The van der Waals surface area contributed by atoms with Crippen molar-refractivity contribution in [2.75, 3.05) is 19.8 Å². The van der Waals surface area contributed by atoms with Gasteiger partial charge in [-0.1, -0.05) is 6.07 Å². The van der Waals surface area contributed by atoms with Crippen molar-refractivity contribution in [3.63, 3.8) is 0 Å². The highest BCUT2D eigenvalue weighted by Crippen LogP contribution is 2.32. The fourth-order valence-corrected chi connectivity index (χ4v) is 3.37. The number of carbonyl (C=O) groups excluding carboxylic acids is 1. The number of hydrogen-bond donors (Lipinski definition) is 1. The zero-order valence-electron chi connectivity index (χ0n) is 15.6. The van der Waals surface area contributed by atoms with E-state index in [-0.39, 0.29) is 24.2 Å². The predicted molar refractivity (Wildman–Crippen MR) is 91.9 cm³/mol. The number of ether oxygens (including phenoxy) is 2. The molecule has 2 heterocycles. The van der Waals surface area contributed by atoms with Gasteiger partial charge < -0.3 is 19.5 Å². The average molecular weight is 404 g/mol. The molecule has 1 saturated heterocycles. The molecule has 28 heavy (non-hydrogen) atoms. The fourth-order valence-electron chi connectivity index (χ4n) is 3.37. The molecule has 1 aromatic rings. The number of fused-ring (bicyclic) bond motifs is 1. The minimum atomic E-state index is -5.08. The molecule has 2 fully saturated rings. The molecule has 1 aromatic heterocycles. The summed E-state index contributed by atoms with van der Waals surface area (Å²) in [6.07, 6.45) is -3.07. The summed E-state index contributed by atoms with van der Waals surface area (Å²) in [5, 5.41) is 7.12. The molecule has 10 heteroatoms. The summed E-state index contributed by atoms with van der Waals surface area (Å²) >= 11 is 0. The molecule has 1 aliphatic carbocycles. The first-order valence-corrected chi connectivity index (χ1v) is 8.93. The number of alkyl halides is 3. The predicted octanol–water partition coefficient (Wildman–Crippen LogP) is 2.43. The van der Waals surface area contributed by atoms with Crippen molar-refractivity contribution in [1.29, 1.82) is 0 Å². The lowest BCUT2D eigenvalue weighted by Gasteiger charge is -2.38. The first-order chi connectivity index (χ1) is 13.1. The number of amides is 1. The van der Waals surface area contributed by atoms with Gasteiger partial charge in [-0.25, -0.2) is 9.78 Å². The Balaban J connectivity index is 0.000000345. The monoisotopic (exact) mass is 404 g/mol. The van der Waals surface area contributed by atoms with Crippen molar-refractivity contribution in [3.8, 4) is 0 Å². The highest BCUT2D eigenvalue weighted by Gasteiger charge is 2.45. The molecule has 1 saturated carbocycles. The number of aromatic nitrogens is 1. The van der Waals surface area contributed by atoms with E-state index < -0.39 is 12.1 Å². The third-order valence-electron chi connectivity index (χ3n) is 4.53. The number of morpholine rings is 1. The van der Waals surface area contributed by atoms with Crippen molar-refractivity contribution < 1.29 is 37.3 Å². The second-order valence-electron chi connectivity index (χ2n) is 6.44. The van der Waals surface area contributed by atoms with Crippen LogP contribution in [-0.4, -0.2) is 71.1 Å². The lowest BCUT2D eigenvalue weighted by atomic mass is 10.1.